The molecule has 0 aromatic rings. The second kappa shape index (κ2) is 4.71. The van der Waals surface area contributed by atoms with Crippen LogP contribution in [-0.2, 0) is 14.6 Å². The molecule has 0 bridgehead atoms. The van der Waals surface area contributed by atoms with Crippen molar-refractivity contribution in [2.75, 3.05) is 37.7 Å². The van der Waals surface area contributed by atoms with Crippen LogP contribution in [0.3, 0.4) is 0 Å². The summed E-state index contributed by atoms with van der Waals surface area (Å²) in [5, 5.41) is 3.19. The fourth-order valence-corrected chi connectivity index (χ4v) is 4.19. The van der Waals surface area contributed by atoms with Crippen molar-refractivity contribution < 1.29 is 13.2 Å². The van der Waals surface area contributed by atoms with E-state index in [4.69, 9.17) is 0 Å². The second-order valence-corrected chi connectivity index (χ2v) is 6.83. The van der Waals surface area contributed by atoms with Crippen molar-refractivity contribution in [1.29, 1.82) is 0 Å². The Labute approximate surface area is 96.1 Å². The van der Waals surface area contributed by atoms with Gasteiger partial charge < -0.3 is 10.2 Å². The fraction of sp³-hybridized carbons (Fsp3) is 0.900. The molecule has 0 aromatic heterocycles. The average Bonchev–Trinajstić information content (AvgIpc) is 2.59. The number of hydrogen-bond donors (Lipinski definition) is 1. The lowest BCUT2D eigenvalue weighted by Crippen LogP contribution is -2.46. The fourth-order valence-electron chi connectivity index (χ4n) is 2.32. The maximum absolute atomic E-state index is 11.9. The zero-order chi connectivity index (χ0) is 11.6. The third-order valence-electron chi connectivity index (χ3n) is 3.26. The lowest BCUT2D eigenvalue weighted by Gasteiger charge is -2.28. The SMILES string of the molecule is O=C(C[C@@H]1CCS(=O)(=O)C1)N1CCNCC1. The second-order valence-electron chi connectivity index (χ2n) is 4.60. The Morgan fingerprint density at radius 3 is 2.56 bits per heavy atom. The highest BCUT2D eigenvalue weighted by Crippen LogP contribution is 2.22. The van der Waals surface area contributed by atoms with Gasteiger partial charge in [0.25, 0.3) is 0 Å². The molecule has 5 nitrogen and oxygen atoms in total. The zero-order valence-electron chi connectivity index (χ0n) is 9.31. The van der Waals surface area contributed by atoms with Crippen molar-refractivity contribution in [3.63, 3.8) is 0 Å². The number of amides is 1. The maximum atomic E-state index is 11.9. The first kappa shape index (κ1) is 11.9. The Hall–Kier alpha value is -0.620. The van der Waals surface area contributed by atoms with Gasteiger partial charge in [0.2, 0.25) is 5.91 Å². The van der Waals surface area contributed by atoms with Gasteiger partial charge in [-0.1, -0.05) is 0 Å². The van der Waals surface area contributed by atoms with Crippen LogP contribution < -0.4 is 5.32 Å². The van der Waals surface area contributed by atoms with Gasteiger partial charge in [0.05, 0.1) is 11.5 Å². The van der Waals surface area contributed by atoms with Crippen LogP contribution in [0.1, 0.15) is 12.8 Å². The highest BCUT2D eigenvalue weighted by Gasteiger charge is 2.30. The first-order chi connectivity index (χ1) is 7.57. The van der Waals surface area contributed by atoms with Crippen molar-refractivity contribution in [2.24, 2.45) is 5.92 Å². The molecule has 2 heterocycles. The van der Waals surface area contributed by atoms with E-state index in [0.29, 0.717) is 12.8 Å². The minimum Gasteiger partial charge on any atom is -0.340 e. The van der Waals surface area contributed by atoms with E-state index in [-0.39, 0.29) is 23.3 Å². The Balaban J connectivity index is 1.83. The highest BCUT2D eigenvalue weighted by atomic mass is 32.2. The summed E-state index contributed by atoms with van der Waals surface area (Å²) in [7, 11) is -2.85. The molecule has 0 unspecified atom stereocenters. The molecular formula is C10H18N2O3S. The summed E-state index contributed by atoms with van der Waals surface area (Å²) < 4.78 is 22.5. The lowest BCUT2D eigenvalue weighted by molar-refractivity contribution is -0.132. The molecule has 0 aliphatic carbocycles. The van der Waals surface area contributed by atoms with E-state index >= 15 is 0 Å². The standard InChI is InChI=1S/C10H18N2O3S/c13-10(12-4-2-11-3-5-12)7-9-1-6-16(14,15)8-9/h9,11H,1-8H2/t9-/m0/s1. The minimum atomic E-state index is -2.85. The number of sulfone groups is 1. The topological polar surface area (TPSA) is 66.5 Å². The molecule has 0 aromatic carbocycles. The first-order valence-electron chi connectivity index (χ1n) is 5.76. The predicted octanol–water partition coefficient (Wildman–Crippen LogP) is -0.757. The van der Waals surface area contributed by atoms with Gasteiger partial charge in [0, 0.05) is 32.6 Å². The summed E-state index contributed by atoms with van der Waals surface area (Å²) in [6, 6.07) is 0. The predicted molar refractivity (Wildman–Crippen MR) is 60.8 cm³/mol. The molecule has 0 saturated carbocycles. The number of piperazine rings is 1. The third kappa shape index (κ3) is 2.95. The number of nitrogens with zero attached hydrogens (tertiary/aromatic N) is 1. The van der Waals surface area contributed by atoms with Crippen molar-refractivity contribution in [2.45, 2.75) is 12.8 Å². The van der Waals surface area contributed by atoms with Crippen molar-refractivity contribution >= 4 is 15.7 Å². The van der Waals surface area contributed by atoms with E-state index in [9.17, 15) is 13.2 Å². The Morgan fingerprint density at radius 1 is 1.31 bits per heavy atom. The van der Waals surface area contributed by atoms with Gasteiger partial charge in [-0.25, -0.2) is 8.42 Å². The minimum absolute atomic E-state index is 0.0485. The van der Waals surface area contributed by atoms with Gasteiger partial charge in [0.1, 0.15) is 0 Å². The van der Waals surface area contributed by atoms with Gasteiger partial charge in [-0.2, -0.15) is 0 Å². The lowest BCUT2D eigenvalue weighted by atomic mass is 10.0. The van der Waals surface area contributed by atoms with Crippen LogP contribution in [0.15, 0.2) is 0 Å². The molecule has 1 amide bonds. The van der Waals surface area contributed by atoms with Crippen LogP contribution in [0.2, 0.25) is 0 Å². The highest BCUT2D eigenvalue weighted by molar-refractivity contribution is 7.91. The molecule has 16 heavy (non-hydrogen) atoms. The summed E-state index contributed by atoms with van der Waals surface area (Å²) in [5.74, 6) is 0.619. The first-order valence-corrected chi connectivity index (χ1v) is 7.58. The van der Waals surface area contributed by atoms with Gasteiger partial charge in [-0.05, 0) is 12.3 Å². The molecule has 1 atom stereocenters. The van der Waals surface area contributed by atoms with Crippen LogP contribution in [-0.4, -0.2) is 56.9 Å². The summed E-state index contributed by atoms with van der Waals surface area (Å²) >= 11 is 0. The molecular weight excluding hydrogens is 228 g/mol. The Bertz CT molecular complexity index is 360. The molecule has 2 rings (SSSR count). The number of carbonyl (C=O) groups excluding carboxylic acids is 1. The molecule has 0 radical (unpaired) electrons. The van der Waals surface area contributed by atoms with Crippen molar-refractivity contribution in [1.82, 2.24) is 10.2 Å². The summed E-state index contributed by atoms with van der Waals surface area (Å²) in [4.78, 5) is 13.7. The van der Waals surface area contributed by atoms with E-state index < -0.39 is 9.84 Å². The average molecular weight is 246 g/mol. The zero-order valence-corrected chi connectivity index (χ0v) is 10.1. The molecule has 0 spiro atoms. The molecule has 92 valence electrons. The molecule has 2 fully saturated rings. The number of rotatable bonds is 2. The quantitative estimate of drug-likeness (QED) is 0.696. The number of nitrogens with one attached hydrogen (secondary N) is 1. The maximum Gasteiger partial charge on any atom is 0.222 e. The van der Waals surface area contributed by atoms with Gasteiger partial charge in [-0.3, -0.25) is 4.79 Å². The normalized spacial score (nSPS) is 29.2. The van der Waals surface area contributed by atoms with Crippen LogP contribution in [0.5, 0.6) is 0 Å². The third-order valence-corrected chi connectivity index (χ3v) is 5.10. The molecule has 2 aliphatic heterocycles. The van der Waals surface area contributed by atoms with E-state index in [1.807, 2.05) is 4.90 Å². The van der Waals surface area contributed by atoms with E-state index in [2.05, 4.69) is 5.32 Å². The molecule has 2 aliphatic rings. The molecule has 1 N–H and O–H groups in total. The number of carbonyl (C=O) groups is 1. The van der Waals surface area contributed by atoms with Crippen LogP contribution >= 0.6 is 0 Å². The molecule has 6 heteroatoms. The Morgan fingerprint density at radius 2 is 2.00 bits per heavy atom. The van der Waals surface area contributed by atoms with E-state index in [0.717, 1.165) is 26.2 Å². The van der Waals surface area contributed by atoms with E-state index in [1.165, 1.54) is 0 Å². The van der Waals surface area contributed by atoms with Gasteiger partial charge in [-0.15, -0.1) is 0 Å². The number of hydrogen-bond acceptors (Lipinski definition) is 4. The van der Waals surface area contributed by atoms with E-state index in [1.54, 1.807) is 0 Å². The van der Waals surface area contributed by atoms with Crippen LogP contribution in [0, 0.1) is 5.92 Å². The van der Waals surface area contributed by atoms with Crippen LogP contribution in [0.4, 0.5) is 0 Å². The van der Waals surface area contributed by atoms with Gasteiger partial charge >= 0.3 is 0 Å². The molecule has 2 saturated heterocycles. The largest absolute Gasteiger partial charge is 0.340 e. The summed E-state index contributed by atoms with van der Waals surface area (Å²) in [6.45, 7) is 3.18. The van der Waals surface area contributed by atoms with Crippen LogP contribution in [0.25, 0.3) is 0 Å². The summed E-state index contributed by atoms with van der Waals surface area (Å²) in [6.07, 6.45) is 1.05. The Kier molecular flexibility index (Phi) is 3.49. The van der Waals surface area contributed by atoms with Gasteiger partial charge in [0.15, 0.2) is 9.84 Å². The van der Waals surface area contributed by atoms with Crippen molar-refractivity contribution in [3.05, 3.63) is 0 Å². The van der Waals surface area contributed by atoms with Crippen molar-refractivity contribution in [3.8, 4) is 0 Å². The summed E-state index contributed by atoms with van der Waals surface area (Å²) in [5.41, 5.74) is 0. The smallest absolute Gasteiger partial charge is 0.222 e. The monoisotopic (exact) mass is 246 g/mol.